The molecule has 1 heterocycles. The molecule has 1 saturated heterocycles. The Kier molecular flexibility index (Phi) is 3.37. The van der Waals surface area contributed by atoms with Gasteiger partial charge in [0, 0.05) is 19.1 Å². The Labute approximate surface area is 101 Å². The first-order chi connectivity index (χ1) is 8.05. The third-order valence-electron chi connectivity index (χ3n) is 2.87. The van der Waals surface area contributed by atoms with Gasteiger partial charge in [-0.2, -0.15) is 4.31 Å². The molecule has 0 aliphatic carbocycles. The molecule has 6 heteroatoms. The van der Waals surface area contributed by atoms with Crippen molar-refractivity contribution in [2.45, 2.75) is 17.4 Å². The molecular weight excluding hydrogens is 240 g/mol. The summed E-state index contributed by atoms with van der Waals surface area (Å²) in [6.07, 6.45) is 0.703. The normalized spacial score (nSPS) is 21.6. The molecule has 0 saturated carbocycles. The van der Waals surface area contributed by atoms with Crippen LogP contribution in [0.2, 0.25) is 0 Å². The fourth-order valence-electron chi connectivity index (χ4n) is 1.94. The average molecular weight is 256 g/mol. The highest BCUT2D eigenvalue weighted by atomic mass is 32.2. The predicted molar refractivity (Wildman–Crippen MR) is 64.3 cm³/mol. The molecule has 17 heavy (non-hydrogen) atoms. The molecule has 1 fully saturated rings. The highest BCUT2D eigenvalue weighted by molar-refractivity contribution is 7.89. The molecule has 2 N–H and O–H groups in total. The lowest BCUT2D eigenvalue weighted by molar-refractivity contribution is 0.398. The molecule has 0 amide bonds. The second-order valence-corrected chi connectivity index (χ2v) is 5.97. The molecule has 0 spiro atoms. The van der Waals surface area contributed by atoms with Crippen LogP contribution in [0.25, 0.3) is 0 Å². The number of nitrogens with zero attached hydrogens (tertiary/aromatic N) is 1. The number of nitrogens with two attached hydrogens (primary N) is 1. The minimum Gasteiger partial charge on any atom is -0.495 e. The molecule has 1 aromatic carbocycles. The summed E-state index contributed by atoms with van der Waals surface area (Å²) < 4.78 is 31.2. The summed E-state index contributed by atoms with van der Waals surface area (Å²) in [5.74, 6) is 0.368. The highest BCUT2D eigenvalue weighted by Gasteiger charge is 2.32. The van der Waals surface area contributed by atoms with E-state index in [-0.39, 0.29) is 10.9 Å². The van der Waals surface area contributed by atoms with Crippen LogP contribution in [0.4, 0.5) is 0 Å². The minimum absolute atomic E-state index is 0.0699. The topological polar surface area (TPSA) is 72.6 Å². The van der Waals surface area contributed by atoms with Crippen LogP contribution >= 0.6 is 0 Å². The molecule has 94 valence electrons. The third-order valence-corrected chi connectivity index (χ3v) is 4.78. The number of sulfonamides is 1. The fraction of sp³-hybridized carbons (Fsp3) is 0.455. The molecule has 1 aromatic rings. The van der Waals surface area contributed by atoms with Gasteiger partial charge >= 0.3 is 0 Å². The number of rotatable bonds is 3. The number of para-hydroxylation sites is 1. The van der Waals surface area contributed by atoms with Crippen LogP contribution in [-0.2, 0) is 10.0 Å². The van der Waals surface area contributed by atoms with Gasteiger partial charge in [-0.25, -0.2) is 8.42 Å². The maximum atomic E-state index is 12.4. The largest absolute Gasteiger partial charge is 0.495 e. The number of ether oxygens (including phenoxy) is 1. The molecule has 1 aliphatic rings. The van der Waals surface area contributed by atoms with Crippen LogP contribution in [0.1, 0.15) is 6.42 Å². The van der Waals surface area contributed by atoms with Gasteiger partial charge in [0.1, 0.15) is 10.6 Å². The van der Waals surface area contributed by atoms with Crippen molar-refractivity contribution >= 4 is 10.0 Å². The molecule has 1 atom stereocenters. The van der Waals surface area contributed by atoms with Gasteiger partial charge in [0.2, 0.25) is 10.0 Å². The van der Waals surface area contributed by atoms with Crippen molar-refractivity contribution in [3.05, 3.63) is 24.3 Å². The smallest absolute Gasteiger partial charge is 0.246 e. The second-order valence-electron chi connectivity index (χ2n) is 4.06. The van der Waals surface area contributed by atoms with E-state index >= 15 is 0 Å². The first kappa shape index (κ1) is 12.3. The van der Waals surface area contributed by atoms with Crippen LogP contribution in [0, 0.1) is 0 Å². The van der Waals surface area contributed by atoms with Gasteiger partial charge in [0.25, 0.3) is 0 Å². The molecule has 5 nitrogen and oxygen atoms in total. The Hall–Kier alpha value is -1.11. The summed E-state index contributed by atoms with van der Waals surface area (Å²) in [5, 5.41) is 0. The Balaban J connectivity index is 2.38. The van der Waals surface area contributed by atoms with E-state index in [0.717, 1.165) is 0 Å². The minimum atomic E-state index is -3.49. The van der Waals surface area contributed by atoms with Crippen molar-refractivity contribution < 1.29 is 13.2 Å². The predicted octanol–water partition coefficient (Wildman–Crippen LogP) is 0.417. The van der Waals surface area contributed by atoms with Gasteiger partial charge in [0.15, 0.2) is 0 Å². The van der Waals surface area contributed by atoms with E-state index in [2.05, 4.69) is 0 Å². The zero-order chi connectivity index (χ0) is 12.5. The third kappa shape index (κ3) is 2.29. The lowest BCUT2D eigenvalue weighted by Gasteiger charge is -2.17. The summed E-state index contributed by atoms with van der Waals surface area (Å²) in [6.45, 7) is 0.849. The van der Waals surface area contributed by atoms with E-state index in [1.165, 1.54) is 11.4 Å². The average Bonchev–Trinajstić information content (AvgIpc) is 2.76. The quantitative estimate of drug-likeness (QED) is 0.850. The Morgan fingerprint density at radius 1 is 1.41 bits per heavy atom. The summed E-state index contributed by atoms with van der Waals surface area (Å²) in [7, 11) is -2.02. The summed E-state index contributed by atoms with van der Waals surface area (Å²) in [6, 6.07) is 6.55. The zero-order valence-electron chi connectivity index (χ0n) is 9.67. The fourth-order valence-corrected chi connectivity index (χ4v) is 3.61. The van der Waals surface area contributed by atoms with Crippen molar-refractivity contribution in [3.63, 3.8) is 0 Å². The Morgan fingerprint density at radius 3 is 2.71 bits per heavy atom. The molecular formula is C11H16N2O3S. The van der Waals surface area contributed by atoms with Gasteiger partial charge in [-0.15, -0.1) is 0 Å². The van der Waals surface area contributed by atoms with Crippen molar-refractivity contribution in [2.24, 2.45) is 5.73 Å². The van der Waals surface area contributed by atoms with Crippen molar-refractivity contribution in [3.8, 4) is 5.75 Å². The molecule has 0 aromatic heterocycles. The lowest BCUT2D eigenvalue weighted by Crippen LogP contribution is -2.32. The Bertz CT molecular complexity index is 501. The van der Waals surface area contributed by atoms with Gasteiger partial charge < -0.3 is 10.5 Å². The summed E-state index contributed by atoms with van der Waals surface area (Å²) in [4.78, 5) is 0.205. The van der Waals surface area contributed by atoms with Gasteiger partial charge in [-0.1, -0.05) is 12.1 Å². The number of hydrogen-bond acceptors (Lipinski definition) is 4. The van der Waals surface area contributed by atoms with E-state index in [9.17, 15) is 8.42 Å². The summed E-state index contributed by atoms with van der Waals surface area (Å²) >= 11 is 0. The number of methoxy groups -OCH3 is 1. The van der Waals surface area contributed by atoms with Crippen LogP contribution in [0.3, 0.4) is 0 Å². The van der Waals surface area contributed by atoms with Gasteiger partial charge in [-0.05, 0) is 18.6 Å². The number of hydrogen-bond donors (Lipinski definition) is 1. The van der Waals surface area contributed by atoms with Crippen LogP contribution < -0.4 is 10.5 Å². The number of benzene rings is 1. The lowest BCUT2D eigenvalue weighted by atomic mass is 10.3. The van der Waals surface area contributed by atoms with Crippen molar-refractivity contribution in [1.82, 2.24) is 4.31 Å². The maximum absolute atomic E-state index is 12.4. The van der Waals surface area contributed by atoms with Crippen molar-refractivity contribution in [1.29, 1.82) is 0 Å². The maximum Gasteiger partial charge on any atom is 0.246 e. The van der Waals surface area contributed by atoms with E-state index < -0.39 is 10.0 Å². The Morgan fingerprint density at radius 2 is 2.12 bits per heavy atom. The first-order valence-corrected chi connectivity index (χ1v) is 6.88. The first-order valence-electron chi connectivity index (χ1n) is 5.44. The van der Waals surface area contributed by atoms with Crippen LogP contribution in [0.5, 0.6) is 5.75 Å². The summed E-state index contributed by atoms with van der Waals surface area (Å²) in [5.41, 5.74) is 5.73. The van der Waals surface area contributed by atoms with E-state index in [0.29, 0.717) is 25.3 Å². The van der Waals surface area contributed by atoms with Gasteiger partial charge in [-0.3, -0.25) is 0 Å². The highest BCUT2D eigenvalue weighted by Crippen LogP contribution is 2.27. The molecule has 1 aliphatic heterocycles. The van der Waals surface area contributed by atoms with E-state index in [1.54, 1.807) is 24.3 Å². The molecule has 0 radical (unpaired) electrons. The van der Waals surface area contributed by atoms with Crippen molar-refractivity contribution in [2.75, 3.05) is 20.2 Å². The standard InChI is InChI=1S/C11H16N2O3S/c1-16-10-4-2-3-5-11(10)17(14,15)13-7-6-9(12)8-13/h2-5,9H,6-8,12H2,1H3. The molecule has 1 unspecified atom stereocenters. The monoisotopic (exact) mass is 256 g/mol. The van der Waals surface area contributed by atoms with E-state index in [1.807, 2.05) is 0 Å². The van der Waals surface area contributed by atoms with Gasteiger partial charge in [0.05, 0.1) is 7.11 Å². The van der Waals surface area contributed by atoms with Crippen LogP contribution in [-0.4, -0.2) is 39.0 Å². The van der Waals surface area contributed by atoms with Crippen LogP contribution in [0.15, 0.2) is 29.2 Å². The SMILES string of the molecule is COc1ccccc1S(=O)(=O)N1CCC(N)C1. The zero-order valence-corrected chi connectivity index (χ0v) is 10.5. The molecule has 0 bridgehead atoms. The van der Waals surface area contributed by atoms with E-state index in [4.69, 9.17) is 10.5 Å². The second kappa shape index (κ2) is 4.64. The molecule has 2 rings (SSSR count).